The predicted octanol–water partition coefficient (Wildman–Crippen LogP) is 5.30. The van der Waals surface area contributed by atoms with Crippen LogP contribution in [0.3, 0.4) is 0 Å². The largest absolute Gasteiger partial charge is 0.358 e. The zero-order chi connectivity index (χ0) is 20.5. The van der Waals surface area contributed by atoms with Crippen LogP contribution in [0.15, 0.2) is 59.4 Å². The first-order valence-electron chi connectivity index (χ1n) is 9.36. The summed E-state index contributed by atoms with van der Waals surface area (Å²) in [6, 6.07) is 13.8. The number of anilines is 1. The van der Waals surface area contributed by atoms with Gasteiger partial charge in [0.25, 0.3) is 0 Å². The Morgan fingerprint density at radius 3 is 2.77 bits per heavy atom. The maximum atomic E-state index is 12.5. The Kier molecular flexibility index (Phi) is 4.86. The summed E-state index contributed by atoms with van der Waals surface area (Å²) in [4.78, 5) is 29.4. The maximum absolute atomic E-state index is 12.5. The number of carbonyl (C=O) groups is 1. The number of H-pyrrole nitrogens is 1. The van der Waals surface area contributed by atoms with Gasteiger partial charge in [-0.15, -0.1) is 22.7 Å². The molecule has 0 spiro atoms. The first kappa shape index (κ1) is 18.7. The second-order valence-electron chi connectivity index (χ2n) is 6.79. The van der Waals surface area contributed by atoms with Gasteiger partial charge in [-0.2, -0.15) is 0 Å². The van der Waals surface area contributed by atoms with Crippen LogP contribution in [0.1, 0.15) is 11.4 Å². The molecule has 0 radical (unpaired) electrons. The number of aromatic amines is 1. The molecule has 8 heteroatoms. The van der Waals surface area contributed by atoms with Crippen molar-refractivity contribution in [2.75, 3.05) is 5.32 Å². The number of benzene rings is 1. The van der Waals surface area contributed by atoms with E-state index in [0.717, 1.165) is 44.2 Å². The van der Waals surface area contributed by atoms with Crippen LogP contribution in [0, 0.1) is 6.92 Å². The second-order valence-corrected chi connectivity index (χ2v) is 8.51. The molecule has 0 bridgehead atoms. The van der Waals surface area contributed by atoms with Crippen molar-refractivity contribution in [2.45, 2.75) is 13.3 Å². The summed E-state index contributed by atoms with van der Waals surface area (Å²) in [5, 5.41) is 9.28. The van der Waals surface area contributed by atoms with Gasteiger partial charge < -0.3 is 10.3 Å². The first-order valence-corrected chi connectivity index (χ1v) is 11.1. The summed E-state index contributed by atoms with van der Waals surface area (Å²) in [7, 11) is 0. The number of thiazole rings is 2. The lowest BCUT2D eigenvalue weighted by Crippen LogP contribution is -2.14. The fraction of sp³-hybridized carbons (Fsp3) is 0.0909. The van der Waals surface area contributed by atoms with Crippen LogP contribution < -0.4 is 5.32 Å². The molecule has 5 aromatic rings. The number of nitrogens with zero attached hydrogens (tertiary/aromatic N) is 3. The van der Waals surface area contributed by atoms with Crippen molar-refractivity contribution >= 4 is 44.6 Å². The van der Waals surface area contributed by atoms with E-state index in [4.69, 9.17) is 0 Å². The summed E-state index contributed by atoms with van der Waals surface area (Å²) in [5.41, 5.74) is 5.60. The lowest BCUT2D eigenvalue weighted by Gasteiger charge is -2.00. The number of hydrogen-bond donors (Lipinski definition) is 2. The van der Waals surface area contributed by atoms with Crippen molar-refractivity contribution in [1.29, 1.82) is 0 Å². The molecule has 30 heavy (non-hydrogen) atoms. The smallest absolute Gasteiger partial charge is 0.232 e. The zero-order valence-corrected chi connectivity index (χ0v) is 17.7. The highest BCUT2D eigenvalue weighted by atomic mass is 32.1. The Morgan fingerprint density at radius 2 is 1.90 bits per heavy atom. The van der Waals surface area contributed by atoms with Crippen LogP contribution in [0.25, 0.3) is 32.9 Å². The van der Waals surface area contributed by atoms with E-state index in [1.54, 1.807) is 6.20 Å². The van der Waals surface area contributed by atoms with Crippen molar-refractivity contribution in [3.05, 3.63) is 70.8 Å². The minimum absolute atomic E-state index is 0.135. The number of nitrogens with one attached hydrogen (secondary N) is 2. The van der Waals surface area contributed by atoms with Crippen molar-refractivity contribution in [3.8, 4) is 22.0 Å². The third-order valence-corrected chi connectivity index (χ3v) is 6.35. The molecule has 2 N–H and O–H groups in total. The van der Waals surface area contributed by atoms with Crippen LogP contribution in [-0.2, 0) is 11.2 Å². The van der Waals surface area contributed by atoms with E-state index in [2.05, 4.69) is 31.3 Å². The van der Waals surface area contributed by atoms with Crippen LogP contribution in [-0.4, -0.2) is 25.8 Å². The summed E-state index contributed by atoms with van der Waals surface area (Å²) in [5.74, 6) is -0.135. The Labute approximate surface area is 180 Å². The summed E-state index contributed by atoms with van der Waals surface area (Å²) in [6.45, 7) is 2.04. The fourth-order valence-corrected chi connectivity index (χ4v) is 4.89. The average molecular weight is 432 g/mol. The molecule has 0 aliphatic heterocycles. The molecule has 0 aliphatic carbocycles. The number of carbonyl (C=O) groups excluding carboxylic acids is 1. The van der Waals surface area contributed by atoms with Crippen LogP contribution in [0.5, 0.6) is 0 Å². The van der Waals surface area contributed by atoms with Gasteiger partial charge in [0.15, 0.2) is 5.13 Å². The lowest BCUT2D eigenvalue weighted by molar-refractivity contribution is -0.115. The standard InChI is InChI=1S/C22H17N5OS2/c1-13-20(15-6-2-3-7-16(15)24-13)18-12-30-22(26-18)27-19(28)10-14-11-29-21(25-14)17-8-4-5-9-23-17/h2-9,11-12,24H,10H2,1H3,(H,26,27,28). The van der Waals surface area contributed by atoms with E-state index >= 15 is 0 Å². The Balaban J connectivity index is 1.30. The van der Waals surface area contributed by atoms with E-state index in [1.165, 1.54) is 22.7 Å². The molecule has 148 valence electrons. The highest BCUT2D eigenvalue weighted by molar-refractivity contribution is 7.14. The second kappa shape index (κ2) is 7.81. The molecule has 4 heterocycles. The molecule has 5 rings (SSSR count). The molecular formula is C22H17N5OS2. The van der Waals surface area contributed by atoms with Gasteiger partial charge in [-0.3, -0.25) is 9.78 Å². The lowest BCUT2D eigenvalue weighted by atomic mass is 10.1. The van der Waals surface area contributed by atoms with E-state index < -0.39 is 0 Å². The number of rotatable bonds is 5. The first-order chi connectivity index (χ1) is 14.7. The normalized spacial score (nSPS) is 11.1. The van der Waals surface area contributed by atoms with Crippen molar-refractivity contribution in [1.82, 2.24) is 19.9 Å². The van der Waals surface area contributed by atoms with E-state index in [9.17, 15) is 4.79 Å². The van der Waals surface area contributed by atoms with E-state index in [-0.39, 0.29) is 12.3 Å². The van der Waals surface area contributed by atoms with Crippen molar-refractivity contribution in [2.24, 2.45) is 0 Å². The number of aryl methyl sites for hydroxylation is 1. The highest BCUT2D eigenvalue weighted by Crippen LogP contribution is 2.34. The number of pyridine rings is 1. The van der Waals surface area contributed by atoms with Crippen molar-refractivity contribution in [3.63, 3.8) is 0 Å². The third-order valence-electron chi connectivity index (χ3n) is 4.68. The molecular weight excluding hydrogens is 414 g/mol. The third kappa shape index (κ3) is 3.62. The molecule has 1 aromatic carbocycles. The molecule has 0 fully saturated rings. The van der Waals surface area contributed by atoms with Gasteiger partial charge in [0.1, 0.15) is 5.01 Å². The number of para-hydroxylation sites is 1. The Morgan fingerprint density at radius 1 is 1.03 bits per heavy atom. The molecule has 6 nitrogen and oxygen atoms in total. The van der Waals surface area contributed by atoms with E-state index in [1.807, 2.05) is 54.1 Å². The highest BCUT2D eigenvalue weighted by Gasteiger charge is 2.15. The minimum atomic E-state index is -0.135. The van der Waals surface area contributed by atoms with Gasteiger partial charge in [-0.1, -0.05) is 24.3 Å². The SMILES string of the molecule is Cc1[nH]c2ccccc2c1-c1csc(NC(=O)Cc2csc(-c3ccccn3)n2)n1. The quantitative estimate of drug-likeness (QED) is 0.396. The Hall–Kier alpha value is -3.36. The van der Waals surface area contributed by atoms with Gasteiger partial charge in [0, 0.05) is 39.1 Å². The monoisotopic (exact) mass is 431 g/mol. The molecule has 0 aliphatic rings. The Bertz CT molecular complexity index is 1340. The van der Waals surface area contributed by atoms with Crippen molar-refractivity contribution < 1.29 is 4.79 Å². The topological polar surface area (TPSA) is 83.6 Å². The van der Waals surface area contributed by atoms with Gasteiger partial charge in [0.2, 0.25) is 5.91 Å². The summed E-state index contributed by atoms with van der Waals surface area (Å²) < 4.78 is 0. The number of hydrogen-bond acceptors (Lipinski definition) is 6. The maximum Gasteiger partial charge on any atom is 0.232 e. The van der Waals surface area contributed by atoms with Gasteiger partial charge in [-0.25, -0.2) is 9.97 Å². The van der Waals surface area contributed by atoms with E-state index in [0.29, 0.717) is 5.13 Å². The molecule has 0 unspecified atom stereocenters. The van der Waals surface area contributed by atoms with Gasteiger partial charge in [-0.05, 0) is 25.1 Å². The summed E-state index contributed by atoms with van der Waals surface area (Å²) in [6.07, 6.45) is 1.93. The molecule has 4 aromatic heterocycles. The molecule has 0 saturated heterocycles. The fourth-order valence-electron chi connectivity index (χ4n) is 3.38. The molecule has 0 atom stereocenters. The number of amides is 1. The summed E-state index contributed by atoms with van der Waals surface area (Å²) >= 11 is 2.91. The molecule has 0 saturated carbocycles. The van der Waals surface area contributed by atoms with Gasteiger partial charge >= 0.3 is 0 Å². The average Bonchev–Trinajstić information content (AvgIpc) is 3.47. The van der Waals surface area contributed by atoms with Crippen LogP contribution in [0.2, 0.25) is 0 Å². The molecule has 1 amide bonds. The zero-order valence-electron chi connectivity index (χ0n) is 16.0. The van der Waals surface area contributed by atoms with Crippen LogP contribution >= 0.6 is 22.7 Å². The number of aromatic nitrogens is 4. The minimum Gasteiger partial charge on any atom is -0.358 e. The number of fused-ring (bicyclic) bond motifs is 1. The van der Waals surface area contributed by atoms with Crippen LogP contribution in [0.4, 0.5) is 5.13 Å². The van der Waals surface area contributed by atoms with Gasteiger partial charge in [0.05, 0.1) is 23.5 Å². The predicted molar refractivity (Wildman–Crippen MR) is 122 cm³/mol.